The van der Waals surface area contributed by atoms with E-state index in [0.29, 0.717) is 6.04 Å². The van der Waals surface area contributed by atoms with E-state index in [4.69, 9.17) is 5.10 Å². The van der Waals surface area contributed by atoms with Crippen LogP contribution in [0.2, 0.25) is 0 Å². The van der Waals surface area contributed by atoms with E-state index in [1.54, 1.807) is 0 Å². The van der Waals surface area contributed by atoms with Gasteiger partial charge in [-0.15, -0.1) is 0 Å². The minimum absolute atomic E-state index is 0.473. The summed E-state index contributed by atoms with van der Waals surface area (Å²) >= 11 is 0. The van der Waals surface area contributed by atoms with Gasteiger partial charge in [-0.25, -0.2) is 0 Å². The number of nitrogens with one attached hydrogen (secondary N) is 1. The molecule has 110 valence electrons. The summed E-state index contributed by atoms with van der Waals surface area (Å²) in [5.41, 5.74) is 2.45. The molecule has 4 heteroatoms. The highest BCUT2D eigenvalue weighted by atomic mass is 15.3. The minimum Gasteiger partial charge on any atom is -0.317 e. The highest BCUT2D eigenvalue weighted by molar-refractivity contribution is 5.82. The van der Waals surface area contributed by atoms with E-state index in [0.717, 1.165) is 25.9 Å². The predicted octanol–water partition coefficient (Wildman–Crippen LogP) is 2.14. The molecule has 0 saturated carbocycles. The molecule has 0 fully saturated rings. The first kappa shape index (κ1) is 15.0. The van der Waals surface area contributed by atoms with Gasteiger partial charge in [0.15, 0.2) is 0 Å². The zero-order valence-electron chi connectivity index (χ0n) is 13.1. The maximum Gasteiger partial charge on any atom is 0.0718 e. The van der Waals surface area contributed by atoms with Gasteiger partial charge in [-0.3, -0.25) is 4.68 Å². The van der Waals surface area contributed by atoms with E-state index >= 15 is 0 Å². The number of hydrogen-bond acceptors (Lipinski definition) is 3. The number of para-hydroxylation sites is 1. The van der Waals surface area contributed by atoms with Crippen LogP contribution in [0, 0.1) is 0 Å². The third-order valence-electron chi connectivity index (χ3n) is 3.81. The summed E-state index contributed by atoms with van der Waals surface area (Å²) in [5.74, 6) is 0. The zero-order chi connectivity index (χ0) is 14.5. The smallest absolute Gasteiger partial charge is 0.0718 e. The molecule has 0 aliphatic heterocycles. The zero-order valence-corrected chi connectivity index (χ0v) is 13.1. The van der Waals surface area contributed by atoms with Crippen molar-refractivity contribution in [3.8, 4) is 0 Å². The largest absolute Gasteiger partial charge is 0.317 e. The summed E-state index contributed by atoms with van der Waals surface area (Å²) in [5, 5.41) is 9.50. The molecule has 0 radical (unpaired) electrons. The second-order valence-corrected chi connectivity index (χ2v) is 5.56. The number of aryl methyl sites for hydroxylation is 1. The minimum atomic E-state index is 0.473. The lowest BCUT2D eigenvalue weighted by atomic mass is 10.1. The fraction of sp³-hybridized carbons (Fsp3) is 0.562. The van der Waals surface area contributed by atoms with Crippen molar-refractivity contribution < 1.29 is 0 Å². The highest BCUT2D eigenvalue weighted by Gasteiger charge is 2.14. The summed E-state index contributed by atoms with van der Waals surface area (Å²) in [6.07, 6.45) is 2.12. The standard InChI is InChI=1S/C16H26N4/c1-5-20-16-9-7-6-8-14(16)15(18-20)12-13(17-2)10-11-19(3)4/h6-9,13,17H,5,10-12H2,1-4H3. The van der Waals surface area contributed by atoms with Gasteiger partial charge in [-0.05, 0) is 47.1 Å². The number of hydrogen-bond donors (Lipinski definition) is 1. The van der Waals surface area contributed by atoms with Crippen molar-refractivity contribution in [2.24, 2.45) is 0 Å². The summed E-state index contributed by atoms with van der Waals surface area (Å²) in [7, 11) is 6.28. The van der Waals surface area contributed by atoms with Gasteiger partial charge in [-0.1, -0.05) is 18.2 Å². The second kappa shape index (κ2) is 6.86. The van der Waals surface area contributed by atoms with Gasteiger partial charge >= 0.3 is 0 Å². The summed E-state index contributed by atoms with van der Waals surface area (Å²) < 4.78 is 2.10. The molecule has 2 aromatic rings. The van der Waals surface area contributed by atoms with Crippen molar-refractivity contribution in [2.75, 3.05) is 27.7 Å². The Morgan fingerprint density at radius 1 is 1.30 bits per heavy atom. The first-order chi connectivity index (χ1) is 9.65. The predicted molar refractivity (Wildman–Crippen MR) is 85.1 cm³/mol. The molecule has 1 heterocycles. The molecule has 1 unspecified atom stereocenters. The molecule has 1 aromatic carbocycles. The van der Waals surface area contributed by atoms with E-state index in [-0.39, 0.29) is 0 Å². The molecular formula is C16H26N4. The third-order valence-corrected chi connectivity index (χ3v) is 3.81. The number of likely N-dealkylation sites (N-methyl/N-ethyl adjacent to an activating group) is 1. The van der Waals surface area contributed by atoms with Gasteiger partial charge in [-0.2, -0.15) is 5.10 Å². The van der Waals surface area contributed by atoms with Crippen molar-refractivity contribution >= 4 is 10.9 Å². The average Bonchev–Trinajstić information content (AvgIpc) is 2.81. The topological polar surface area (TPSA) is 33.1 Å². The molecule has 0 amide bonds. The van der Waals surface area contributed by atoms with Gasteiger partial charge in [0.2, 0.25) is 0 Å². The lowest BCUT2D eigenvalue weighted by molar-refractivity contribution is 0.363. The molecule has 4 nitrogen and oxygen atoms in total. The first-order valence-electron chi connectivity index (χ1n) is 7.42. The second-order valence-electron chi connectivity index (χ2n) is 5.56. The Morgan fingerprint density at radius 2 is 2.05 bits per heavy atom. The van der Waals surface area contributed by atoms with Gasteiger partial charge < -0.3 is 10.2 Å². The van der Waals surface area contributed by atoms with Crippen LogP contribution in [0.1, 0.15) is 19.0 Å². The van der Waals surface area contributed by atoms with Crippen molar-refractivity contribution in [3.05, 3.63) is 30.0 Å². The van der Waals surface area contributed by atoms with Crippen LogP contribution in [-0.2, 0) is 13.0 Å². The van der Waals surface area contributed by atoms with Gasteiger partial charge in [0.05, 0.1) is 11.2 Å². The number of fused-ring (bicyclic) bond motifs is 1. The number of nitrogens with zero attached hydrogens (tertiary/aromatic N) is 3. The van der Waals surface area contributed by atoms with Crippen LogP contribution in [0.4, 0.5) is 0 Å². The lowest BCUT2D eigenvalue weighted by Gasteiger charge is -2.17. The number of benzene rings is 1. The maximum absolute atomic E-state index is 4.79. The third kappa shape index (κ3) is 3.38. The SMILES string of the molecule is CCn1nc(CC(CCN(C)C)NC)c2ccccc21. The Labute approximate surface area is 121 Å². The van der Waals surface area contributed by atoms with E-state index in [1.165, 1.54) is 16.6 Å². The fourth-order valence-corrected chi connectivity index (χ4v) is 2.58. The Hall–Kier alpha value is -1.39. The molecule has 0 bridgehead atoms. The molecule has 0 saturated heterocycles. The Balaban J connectivity index is 2.19. The summed E-state index contributed by atoms with van der Waals surface area (Å²) in [4.78, 5) is 2.23. The molecule has 1 aromatic heterocycles. The summed E-state index contributed by atoms with van der Waals surface area (Å²) in [6, 6.07) is 9.00. The number of rotatable bonds is 7. The number of aromatic nitrogens is 2. The molecule has 0 spiro atoms. The summed E-state index contributed by atoms with van der Waals surface area (Å²) in [6.45, 7) is 4.16. The Morgan fingerprint density at radius 3 is 2.70 bits per heavy atom. The van der Waals surface area contributed by atoms with E-state index < -0.39 is 0 Å². The van der Waals surface area contributed by atoms with Crippen molar-refractivity contribution in [2.45, 2.75) is 32.4 Å². The van der Waals surface area contributed by atoms with Crippen LogP contribution in [0.25, 0.3) is 10.9 Å². The Bertz CT molecular complexity index is 544. The molecule has 20 heavy (non-hydrogen) atoms. The van der Waals surface area contributed by atoms with Crippen LogP contribution >= 0.6 is 0 Å². The average molecular weight is 274 g/mol. The van der Waals surface area contributed by atoms with Crippen LogP contribution in [0.5, 0.6) is 0 Å². The van der Waals surface area contributed by atoms with Crippen LogP contribution < -0.4 is 5.32 Å². The quantitative estimate of drug-likeness (QED) is 0.840. The maximum atomic E-state index is 4.79. The van der Waals surface area contributed by atoms with Gasteiger partial charge in [0.1, 0.15) is 0 Å². The molecule has 2 rings (SSSR count). The normalized spacial score (nSPS) is 13.2. The first-order valence-corrected chi connectivity index (χ1v) is 7.42. The lowest BCUT2D eigenvalue weighted by Crippen LogP contribution is -2.31. The molecular weight excluding hydrogens is 248 g/mol. The van der Waals surface area contributed by atoms with Crippen LogP contribution in [-0.4, -0.2) is 48.4 Å². The molecule has 1 atom stereocenters. The monoisotopic (exact) mass is 274 g/mol. The van der Waals surface area contributed by atoms with Gasteiger partial charge in [0, 0.05) is 24.4 Å². The van der Waals surface area contributed by atoms with Gasteiger partial charge in [0.25, 0.3) is 0 Å². The molecule has 0 aliphatic carbocycles. The highest BCUT2D eigenvalue weighted by Crippen LogP contribution is 2.20. The fourth-order valence-electron chi connectivity index (χ4n) is 2.58. The van der Waals surface area contributed by atoms with Crippen molar-refractivity contribution in [3.63, 3.8) is 0 Å². The van der Waals surface area contributed by atoms with Crippen LogP contribution in [0.15, 0.2) is 24.3 Å². The van der Waals surface area contributed by atoms with Crippen molar-refractivity contribution in [1.82, 2.24) is 20.0 Å². The van der Waals surface area contributed by atoms with Crippen LogP contribution in [0.3, 0.4) is 0 Å². The Kier molecular flexibility index (Phi) is 5.15. The van der Waals surface area contributed by atoms with E-state index in [1.807, 2.05) is 7.05 Å². The van der Waals surface area contributed by atoms with Crippen molar-refractivity contribution in [1.29, 1.82) is 0 Å². The molecule has 1 N–H and O–H groups in total. The molecule has 0 aliphatic rings. The van der Waals surface area contributed by atoms with E-state index in [2.05, 4.69) is 60.2 Å². The van der Waals surface area contributed by atoms with E-state index in [9.17, 15) is 0 Å².